The lowest BCUT2D eigenvalue weighted by Crippen LogP contribution is -2.38. The van der Waals surface area contributed by atoms with E-state index in [1.807, 2.05) is 36.9 Å². The number of hydrogen-bond acceptors (Lipinski definition) is 3. The Kier molecular flexibility index (Phi) is 4.77. The molecule has 1 amide bonds. The lowest BCUT2D eigenvalue weighted by atomic mass is 9.82. The molecule has 1 aromatic heterocycles. The van der Waals surface area contributed by atoms with Gasteiger partial charge in [-0.05, 0) is 26.7 Å². The SMILES string of the molecule is CCn1cc(CNC(=O)C2CC=CCC2C(=O)O)c(C)n1. The lowest BCUT2D eigenvalue weighted by Gasteiger charge is -2.24. The molecule has 1 aliphatic rings. The monoisotopic (exact) mass is 291 g/mol. The van der Waals surface area contributed by atoms with Crippen molar-refractivity contribution in [1.82, 2.24) is 15.1 Å². The van der Waals surface area contributed by atoms with Crippen molar-refractivity contribution in [3.8, 4) is 0 Å². The fourth-order valence-electron chi connectivity index (χ4n) is 2.58. The van der Waals surface area contributed by atoms with E-state index in [0.717, 1.165) is 17.8 Å². The van der Waals surface area contributed by atoms with Crippen molar-refractivity contribution in [3.05, 3.63) is 29.6 Å². The van der Waals surface area contributed by atoms with Gasteiger partial charge in [-0.15, -0.1) is 0 Å². The third-order valence-corrected chi connectivity index (χ3v) is 3.91. The zero-order chi connectivity index (χ0) is 15.4. The van der Waals surface area contributed by atoms with Crippen LogP contribution in [0.5, 0.6) is 0 Å². The molecule has 1 heterocycles. The third kappa shape index (κ3) is 3.51. The Bertz CT molecular complexity index is 563. The summed E-state index contributed by atoms with van der Waals surface area (Å²) in [6.45, 7) is 5.07. The molecule has 0 aromatic carbocycles. The molecule has 2 unspecified atom stereocenters. The van der Waals surface area contributed by atoms with Crippen LogP contribution >= 0.6 is 0 Å². The van der Waals surface area contributed by atoms with E-state index < -0.39 is 17.8 Å². The number of aliphatic carboxylic acids is 1. The third-order valence-electron chi connectivity index (χ3n) is 3.91. The molecule has 2 N–H and O–H groups in total. The number of carboxylic acid groups (broad SMARTS) is 1. The van der Waals surface area contributed by atoms with Gasteiger partial charge in [-0.2, -0.15) is 5.10 Å². The summed E-state index contributed by atoms with van der Waals surface area (Å²) < 4.78 is 1.82. The fourth-order valence-corrected chi connectivity index (χ4v) is 2.58. The van der Waals surface area contributed by atoms with Gasteiger partial charge in [0.05, 0.1) is 17.5 Å². The number of aryl methyl sites for hydroxylation is 2. The minimum absolute atomic E-state index is 0.199. The maximum Gasteiger partial charge on any atom is 0.307 e. The van der Waals surface area contributed by atoms with Crippen molar-refractivity contribution >= 4 is 11.9 Å². The van der Waals surface area contributed by atoms with E-state index in [-0.39, 0.29) is 5.91 Å². The van der Waals surface area contributed by atoms with Crippen LogP contribution in [0.3, 0.4) is 0 Å². The van der Waals surface area contributed by atoms with Crippen molar-refractivity contribution in [2.24, 2.45) is 11.8 Å². The van der Waals surface area contributed by atoms with Crippen LogP contribution in [-0.2, 0) is 22.7 Å². The topological polar surface area (TPSA) is 84.2 Å². The minimum atomic E-state index is -0.908. The molecule has 2 atom stereocenters. The molecule has 21 heavy (non-hydrogen) atoms. The Labute approximate surface area is 123 Å². The van der Waals surface area contributed by atoms with Crippen LogP contribution in [0.2, 0.25) is 0 Å². The molecule has 0 saturated heterocycles. The summed E-state index contributed by atoms with van der Waals surface area (Å²) in [5.74, 6) is -2.23. The largest absolute Gasteiger partial charge is 0.481 e. The Morgan fingerprint density at radius 2 is 2.05 bits per heavy atom. The van der Waals surface area contributed by atoms with Crippen molar-refractivity contribution in [2.75, 3.05) is 0 Å². The number of amides is 1. The summed E-state index contributed by atoms with van der Waals surface area (Å²) in [4.78, 5) is 23.5. The second-order valence-electron chi connectivity index (χ2n) is 5.31. The molecule has 6 nitrogen and oxygen atoms in total. The fraction of sp³-hybridized carbons (Fsp3) is 0.533. The first-order valence-corrected chi connectivity index (χ1v) is 7.21. The van der Waals surface area contributed by atoms with Crippen LogP contribution in [-0.4, -0.2) is 26.8 Å². The molecule has 0 fully saturated rings. The maximum atomic E-state index is 12.2. The van der Waals surface area contributed by atoms with Crippen molar-refractivity contribution < 1.29 is 14.7 Å². The van der Waals surface area contributed by atoms with E-state index in [2.05, 4.69) is 10.4 Å². The van der Waals surface area contributed by atoms with Crippen LogP contribution < -0.4 is 5.32 Å². The van der Waals surface area contributed by atoms with Crippen LogP contribution in [0.1, 0.15) is 31.0 Å². The average molecular weight is 291 g/mol. The zero-order valence-electron chi connectivity index (χ0n) is 12.4. The van der Waals surface area contributed by atoms with Crippen LogP contribution in [0.25, 0.3) is 0 Å². The van der Waals surface area contributed by atoms with Crippen LogP contribution in [0.15, 0.2) is 18.3 Å². The number of carbonyl (C=O) groups is 2. The van der Waals surface area contributed by atoms with E-state index in [4.69, 9.17) is 0 Å². The van der Waals surface area contributed by atoms with E-state index in [0.29, 0.717) is 19.4 Å². The molecule has 1 aromatic rings. The Morgan fingerprint density at radius 3 is 2.62 bits per heavy atom. The van der Waals surface area contributed by atoms with Gasteiger partial charge in [0.1, 0.15) is 0 Å². The Hall–Kier alpha value is -2.11. The molecule has 0 saturated carbocycles. The van der Waals surface area contributed by atoms with E-state index in [9.17, 15) is 14.7 Å². The minimum Gasteiger partial charge on any atom is -0.481 e. The predicted octanol–water partition coefficient (Wildman–Crippen LogP) is 1.49. The summed E-state index contributed by atoms with van der Waals surface area (Å²) >= 11 is 0. The highest BCUT2D eigenvalue weighted by Gasteiger charge is 2.33. The normalized spacial score (nSPS) is 21.2. The van der Waals surface area contributed by atoms with Gasteiger partial charge in [0.2, 0.25) is 5.91 Å². The van der Waals surface area contributed by atoms with E-state index in [1.54, 1.807) is 0 Å². The summed E-state index contributed by atoms with van der Waals surface area (Å²) in [6.07, 6.45) is 6.52. The van der Waals surface area contributed by atoms with E-state index >= 15 is 0 Å². The molecule has 114 valence electrons. The summed E-state index contributed by atoms with van der Waals surface area (Å²) in [6, 6.07) is 0. The van der Waals surface area contributed by atoms with Crippen molar-refractivity contribution in [2.45, 2.75) is 39.8 Å². The average Bonchev–Trinajstić information content (AvgIpc) is 2.85. The molecule has 6 heteroatoms. The summed E-state index contributed by atoms with van der Waals surface area (Å²) in [5.41, 5.74) is 1.85. The quantitative estimate of drug-likeness (QED) is 0.805. The first-order valence-electron chi connectivity index (χ1n) is 7.21. The lowest BCUT2D eigenvalue weighted by molar-refractivity contribution is -0.147. The second kappa shape index (κ2) is 6.56. The van der Waals surface area contributed by atoms with Gasteiger partial charge in [-0.3, -0.25) is 14.3 Å². The highest BCUT2D eigenvalue weighted by Crippen LogP contribution is 2.26. The molecular formula is C15H21N3O3. The molecule has 0 bridgehead atoms. The first kappa shape index (κ1) is 15.3. The van der Waals surface area contributed by atoms with Gasteiger partial charge in [0.25, 0.3) is 0 Å². The maximum absolute atomic E-state index is 12.2. The second-order valence-corrected chi connectivity index (χ2v) is 5.31. The van der Waals surface area contributed by atoms with Crippen LogP contribution in [0, 0.1) is 18.8 Å². The molecule has 1 aliphatic carbocycles. The number of nitrogens with zero attached hydrogens (tertiary/aromatic N) is 2. The predicted molar refractivity (Wildman–Crippen MR) is 77.5 cm³/mol. The zero-order valence-corrected chi connectivity index (χ0v) is 12.4. The smallest absolute Gasteiger partial charge is 0.307 e. The molecule has 0 radical (unpaired) electrons. The van der Waals surface area contributed by atoms with Gasteiger partial charge in [0.15, 0.2) is 0 Å². The number of allylic oxidation sites excluding steroid dienone is 2. The number of nitrogens with one attached hydrogen (secondary N) is 1. The Balaban J connectivity index is 1.98. The van der Waals surface area contributed by atoms with Gasteiger partial charge in [0, 0.05) is 24.8 Å². The highest BCUT2D eigenvalue weighted by atomic mass is 16.4. The van der Waals surface area contributed by atoms with Gasteiger partial charge in [-0.25, -0.2) is 0 Å². The van der Waals surface area contributed by atoms with E-state index in [1.165, 1.54) is 0 Å². The first-order chi connectivity index (χ1) is 10.0. The summed E-state index contributed by atoms with van der Waals surface area (Å²) in [7, 11) is 0. The van der Waals surface area contributed by atoms with Gasteiger partial charge in [-0.1, -0.05) is 12.2 Å². The standard InChI is InChI=1S/C15H21N3O3/c1-3-18-9-11(10(2)17-18)8-16-14(19)12-6-4-5-7-13(12)15(20)21/h4-5,9,12-13H,3,6-8H2,1-2H3,(H,16,19)(H,20,21). The highest BCUT2D eigenvalue weighted by molar-refractivity contribution is 5.85. The number of carboxylic acids is 1. The molecule has 0 spiro atoms. The van der Waals surface area contributed by atoms with Gasteiger partial charge >= 0.3 is 5.97 Å². The van der Waals surface area contributed by atoms with Gasteiger partial charge < -0.3 is 10.4 Å². The number of aromatic nitrogens is 2. The number of rotatable bonds is 5. The van der Waals surface area contributed by atoms with Crippen molar-refractivity contribution in [3.63, 3.8) is 0 Å². The number of carbonyl (C=O) groups excluding carboxylic acids is 1. The molecule has 2 rings (SSSR count). The Morgan fingerprint density at radius 1 is 1.38 bits per heavy atom. The molecule has 0 aliphatic heterocycles. The number of hydrogen-bond donors (Lipinski definition) is 2. The van der Waals surface area contributed by atoms with Crippen LogP contribution in [0.4, 0.5) is 0 Å². The molecular weight excluding hydrogens is 270 g/mol. The summed E-state index contributed by atoms with van der Waals surface area (Å²) in [5, 5.41) is 16.4. The van der Waals surface area contributed by atoms with Crippen molar-refractivity contribution in [1.29, 1.82) is 0 Å².